The fourth-order valence-electron chi connectivity index (χ4n) is 3.00. The van der Waals surface area contributed by atoms with Gasteiger partial charge in [-0.3, -0.25) is 4.90 Å². The Morgan fingerprint density at radius 3 is 3.00 bits per heavy atom. The summed E-state index contributed by atoms with van der Waals surface area (Å²) < 4.78 is 5.55. The predicted molar refractivity (Wildman–Crippen MR) is 80.1 cm³/mol. The van der Waals surface area contributed by atoms with Crippen LogP contribution in [0.3, 0.4) is 0 Å². The molecule has 2 aromatic rings. The monoisotopic (exact) mass is 289 g/mol. The van der Waals surface area contributed by atoms with Crippen molar-refractivity contribution in [2.45, 2.75) is 19.5 Å². The average Bonchev–Trinajstić information content (AvgIpc) is 2.86. The van der Waals surface area contributed by atoms with E-state index in [1.165, 1.54) is 4.90 Å². The SMILES string of the molecule is CC1CN(Cc2cc(N)cc3ccoc23)CCN1C(=O)O. The van der Waals surface area contributed by atoms with Crippen LogP contribution in [0.25, 0.3) is 11.0 Å². The second-order valence-electron chi connectivity index (χ2n) is 5.58. The van der Waals surface area contributed by atoms with Gasteiger partial charge in [-0.2, -0.15) is 0 Å². The maximum atomic E-state index is 11.1. The molecule has 0 saturated carbocycles. The van der Waals surface area contributed by atoms with Gasteiger partial charge in [0.15, 0.2) is 0 Å². The van der Waals surface area contributed by atoms with Crippen molar-refractivity contribution in [3.8, 4) is 0 Å². The molecule has 1 aromatic carbocycles. The van der Waals surface area contributed by atoms with Gasteiger partial charge < -0.3 is 20.2 Å². The molecule has 2 heterocycles. The maximum absolute atomic E-state index is 11.1. The largest absolute Gasteiger partial charge is 0.465 e. The molecule has 1 atom stereocenters. The van der Waals surface area contributed by atoms with Gasteiger partial charge in [-0.25, -0.2) is 4.79 Å². The highest BCUT2D eigenvalue weighted by Crippen LogP contribution is 2.25. The fourth-order valence-corrected chi connectivity index (χ4v) is 3.00. The Morgan fingerprint density at radius 1 is 1.48 bits per heavy atom. The van der Waals surface area contributed by atoms with Crippen molar-refractivity contribution in [1.82, 2.24) is 9.80 Å². The van der Waals surface area contributed by atoms with E-state index in [0.29, 0.717) is 26.2 Å². The summed E-state index contributed by atoms with van der Waals surface area (Å²) in [4.78, 5) is 14.8. The van der Waals surface area contributed by atoms with E-state index in [1.54, 1.807) is 6.26 Å². The lowest BCUT2D eigenvalue weighted by Crippen LogP contribution is -2.53. The number of carbonyl (C=O) groups is 1. The molecule has 1 fully saturated rings. The Hall–Kier alpha value is -2.21. The van der Waals surface area contributed by atoms with Crippen molar-refractivity contribution in [1.29, 1.82) is 0 Å². The molecular formula is C15H19N3O3. The number of nitrogens with zero attached hydrogens (tertiary/aromatic N) is 2. The molecule has 6 nitrogen and oxygen atoms in total. The van der Waals surface area contributed by atoms with Crippen LogP contribution in [-0.4, -0.2) is 46.7 Å². The molecule has 112 valence electrons. The first-order valence-electron chi connectivity index (χ1n) is 7.02. The number of amides is 1. The first kappa shape index (κ1) is 13.8. The number of hydrogen-bond donors (Lipinski definition) is 2. The van der Waals surface area contributed by atoms with Crippen LogP contribution >= 0.6 is 0 Å². The molecule has 6 heteroatoms. The molecule has 0 bridgehead atoms. The summed E-state index contributed by atoms with van der Waals surface area (Å²) in [5.41, 5.74) is 8.56. The van der Waals surface area contributed by atoms with E-state index in [0.717, 1.165) is 22.2 Å². The van der Waals surface area contributed by atoms with Gasteiger partial charge >= 0.3 is 6.09 Å². The number of benzene rings is 1. The molecule has 1 aliphatic heterocycles. The van der Waals surface area contributed by atoms with Crippen molar-refractivity contribution < 1.29 is 14.3 Å². The van der Waals surface area contributed by atoms with Crippen molar-refractivity contribution >= 4 is 22.7 Å². The van der Waals surface area contributed by atoms with Crippen LogP contribution in [-0.2, 0) is 6.54 Å². The smallest absolute Gasteiger partial charge is 0.407 e. The summed E-state index contributed by atoms with van der Waals surface area (Å²) in [5, 5.41) is 10.1. The minimum absolute atomic E-state index is 0.00981. The van der Waals surface area contributed by atoms with Gasteiger partial charge in [0.05, 0.1) is 6.26 Å². The quantitative estimate of drug-likeness (QED) is 0.828. The third kappa shape index (κ3) is 2.67. The van der Waals surface area contributed by atoms with Gasteiger partial charge in [0.1, 0.15) is 5.58 Å². The Bertz CT molecular complexity index is 667. The molecule has 3 rings (SSSR count). The zero-order valence-corrected chi connectivity index (χ0v) is 12.0. The molecule has 3 N–H and O–H groups in total. The summed E-state index contributed by atoms with van der Waals surface area (Å²) in [5.74, 6) is 0. The highest BCUT2D eigenvalue weighted by atomic mass is 16.4. The number of nitrogen functional groups attached to an aromatic ring is 1. The number of hydrogen-bond acceptors (Lipinski definition) is 4. The first-order chi connectivity index (χ1) is 10.0. The minimum atomic E-state index is -0.848. The lowest BCUT2D eigenvalue weighted by Gasteiger charge is -2.38. The molecular weight excluding hydrogens is 270 g/mol. The minimum Gasteiger partial charge on any atom is -0.465 e. The molecule has 0 aliphatic carbocycles. The molecule has 1 aromatic heterocycles. The van der Waals surface area contributed by atoms with Gasteiger partial charge in [0.25, 0.3) is 0 Å². The van der Waals surface area contributed by atoms with Gasteiger partial charge in [-0.1, -0.05) is 0 Å². The topological polar surface area (TPSA) is 82.9 Å². The van der Waals surface area contributed by atoms with Crippen molar-refractivity contribution in [3.63, 3.8) is 0 Å². The number of rotatable bonds is 2. The Kier molecular flexibility index (Phi) is 3.47. The Balaban J connectivity index is 1.77. The van der Waals surface area contributed by atoms with Crippen LogP contribution in [0, 0.1) is 0 Å². The Morgan fingerprint density at radius 2 is 2.29 bits per heavy atom. The van der Waals surface area contributed by atoms with E-state index in [-0.39, 0.29) is 6.04 Å². The second kappa shape index (κ2) is 5.29. The molecule has 1 aliphatic rings. The van der Waals surface area contributed by atoms with Gasteiger partial charge in [-0.15, -0.1) is 0 Å². The van der Waals surface area contributed by atoms with Crippen LogP contribution in [0.4, 0.5) is 10.5 Å². The molecule has 1 unspecified atom stereocenters. The van der Waals surface area contributed by atoms with Crippen LogP contribution in [0.15, 0.2) is 28.9 Å². The third-order valence-corrected chi connectivity index (χ3v) is 4.00. The van der Waals surface area contributed by atoms with E-state index in [4.69, 9.17) is 15.3 Å². The fraction of sp³-hybridized carbons (Fsp3) is 0.400. The lowest BCUT2D eigenvalue weighted by molar-refractivity contribution is 0.0712. The first-order valence-corrected chi connectivity index (χ1v) is 7.02. The molecule has 0 spiro atoms. The zero-order valence-electron chi connectivity index (χ0n) is 12.0. The van der Waals surface area contributed by atoms with E-state index in [9.17, 15) is 4.79 Å². The number of piperazine rings is 1. The van der Waals surface area contributed by atoms with Crippen LogP contribution in [0.5, 0.6) is 0 Å². The van der Waals surface area contributed by atoms with Gasteiger partial charge in [0.2, 0.25) is 0 Å². The Labute approximate surface area is 122 Å². The van der Waals surface area contributed by atoms with Crippen LogP contribution < -0.4 is 5.73 Å². The molecule has 21 heavy (non-hydrogen) atoms. The van der Waals surface area contributed by atoms with Crippen molar-refractivity contribution in [3.05, 3.63) is 30.0 Å². The molecule has 1 amide bonds. The van der Waals surface area contributed by atoms with Crippen LogP contribution in [0.2, 0.25) is 0 Å². The van der Waals surface area contributed by atoms with Gasteiger partial charge in [0, 0.05) is 48.9 Å². The highest BCUT2D eigenvalue weighted by Gasteiger charge is 2.27. The number of nitrogens with two attached hydrogens (primary N) is 1. The average molecular weight is 289 g/mol. The van der Waals surface area contributed by atoms with E-state index >= 15 is 0 Å². The summed E-state index contributed by atoms with van der Waals surface area (Å²) in [7, 11) is 0. The maximum Gasteiger partial charge on any atom is 0.407 e. The summed E-state index contributed by atoms with van der Waals surface area (Å²) in [6, 6.07) is 5.72. The van der Waals surface area contributed by atoms with E-state index < -0.39 is 6.09 Å². The second-order valence-corrected chi connectivity index (χ2v) is 5.58. The third-order valence-electron chi connectivity index (χ3n) is 4.00. The van der Waals surface area contributed by atoms with Crippen molar-refractivity contribution in [2.75, 3.05) is 25.4 Å². The number of furan rings is 1. The molecule has 0 radical (unpaired) electrons. The van der Waals surface area contributed by atoms with Gasteiger partial charge in [-0.05, 0) is 25.1 Å². The lowest BCUT2D eigenvalue weighted by atomic mass is 10.1. The van der Waals surface area contributed by atoms with E-state index in [1.807, 2.05) is 25.1 Å². The number of fused-ring (bicyclic) bond motifs is 1. The summed E-state index contributed by atoms with van der Waals surface area (Å²) in [6.45, 7) is 4.60. The summed E-state index contributed by atoms with van der Waals surface area (Å²) in [6.07, 6.45) is 0.818. The normalized spacial score (nSPS) is 20.0. The molecule has 1 saturated heterocycles. The summed E-state index contributed by atoms with van der Waals surface area (Å²) >= 11 is 0. The van der Waals surface area contributed by atoms with Crippen LogP contribution in [0.1, 0.15) is 12.5 Å². The zero-order chi connectivity index (χ0) is 15.0. The number of anilines is 1. The number of carboxylic acid groups (broad SMARTS) is 1. The predicted octanol–water partition coefficient (Wildman–Crippen LogP) is 2.20. The standard InChI is InChI=1S/C15H19N3O3/c1-10-8-17(3-4-18(10)15(19)20)9-12-7-13(16)6-11-2-5-21-14(11)12/h2,5-7,10H,3-4,8-9,16H2,1H3,(H,19,20). The van der Waals surface area contributed by atoms with E-state index in [2.05, 4.69) is 4.90 Å². The van der Waals surface area contributed by atoms with Crippen molar-refractivity contribution in [2.24, 2.45) is 0 Å². The highest BCUT2D eigenvalue weighted by molar-refractivity contribution is 5.83.